The third-order valence-electron chi connectivity index (χ3n) is 2.88. The fourth-order valence-corrected chi connectivity index (χ4v) is 2.05. The third-order valence-corrected chi connectivity index (χ3v) is 2.88. The zero-order chi connectivity index (χ0) is 11.4. The molecule has 15 heavy (non-hydrogen) atoms. The van der Waals surface area contributed by atoms with Crippen LogP contribution in [0.25, 0.3) is 0 Å². The summed E-state index contributed by atoms with van der Waals surface area (Å²) >= 11 is 0. The highest BCUT2D eigenvalue weighted by molar-refractivity contribution is 5.79. The maximum absolute atomic E-state index is 12.2. The Balaban J connectivity index is 2.57. The van der Waals surface area contributed by atoms with Crippen LogP contribution in [0.3, 0.4) is 0 Å². The summed E-state index contributed by atoms with van der Waals surface area (Å²) in [5, 5.41) is 3.25. The number of nitrogens with one attached hydrogen (secondary N) is 1. The monoisotopic (exact) mass is 212 g/mol. The van der Waals surface area contributed by atoms with E-state index in [0.717, 1.165) is 26.1 Å². The third kappa shape index (κ3) is 3.49. The average Bonchev–Trinajstić information content (AvgIpc) is 2.65. The molecule has 0 saturated carbocycles. The van der Waals surface area contributed by atoms with Crippen LogP contribution in [-0.2, 0) is 4.79 Å². The van der Waals surface area contributed by atoms with Crippen LogP contribution >= 0.6 is 0 Å². The maximum atomic E-state index is 12.2. The molecular formula is C12H24N2O. The van der Waals surface area contributed by atoms with Crippen LogP contribution in [-0.4, -0.2) is 36.5 Å². The molecule has 1 fully saturated rings. The summed E-state index contributed by atoms with van der Waals surface area (Å²) in [6.45, 7) is 11.3. The first-order chi connectivity index (χ1) is 7.02. The van der Waals surface area contributed by atoms with E-state index in [1.807, 2.05) is 4.90 Å². The predicted octanol–water partition coefficient (Wildman–Crippen LogP) is 1.49. The van der Waals surface area contributed by atoms with Crippen LogP contribution in [0.15, 0.2) is 0 Å². The van der Waals surface area contributed by atoms with Crippen LogP contribution < -0.4 is 5.32 Å². The van der Waals surface area contributed by atoms with Crippen LogP contribution in [0.1, 0.15) is 34.1 Å². The van der Waals surface area contributed by atoms with Gasteiger partial charge in [0.2, 0.25) is 5.91 Å². The van der Waals surface area contributed by atoms with E-state index in [2.05, 4.69) is 33.0 Å². The molecule has 0 aromatic rings. The van der Waals surface area contributed by atoms with Crippen molar-refractivity contribution in [1.29, 1.82) is 0 Å². The smallest absolute Gasteiger partial charge is 0.227 e. The summed E-state index contributed by atoms with van der Waals surface area (Å²) in [4.78, 5) is 14.2. The van der Waals surface area contributed by atoms with E-state index < -0.39 is 0 Å². The molecule has 3 heteroatoms. The van der Waals surface area contributed by atoms with Gasteiger partial charge in [-0.05, 0) is 32.7 Å². The second-order valence-electron chi connectivity index (χ2n) is 5.17. The van der Waals surface area contributed by atoms with Crippen LogP contribution in [0.4, 0.5) is 0 Å². The molecule has 1 N–H and O–H groups in total. The number of nitrogens with zero attached hydrogens (tertiary/aromatic N) is 1. The van der Waals surface area contributed by atoms with E-state index in [1.165, 1.54) is 0 Å². The van der Waals surface area contributed by atoms with Crippen LogP contribution in [0.5, 0.6) is 0 Å². The summed E-state index contributed by atoms with van der Waals surface area (Å²) in [7, 11) is 0. The Morgan fingerprint density at radius 3 is 2.47 bits per heavy atom. The van der Waals surface area contributed by atoms with Gasteiger partial charge in [-0.3, -0.25) is 4.79 Å². The lowest BCUT2D eigenvalue weighted by atomic mass is 10.0. The molecule has 0 bridgehead atoms. The van der Waals surface area contributed by atoms with E-state index in [0.29, 0.717) is 17.9 Å². The zero-order valence-corrected chi connectivity index (χ0v) is 10.4. The van der Waals surface area contributed by atoms with Gasteiger partial charge in [-0.1, -0.05) is 13.8 Å². The highest BCUT2D eigenvalue weighted by Crippen LogP contribution is 2.15. The molecule has 0 aromatic heterocycles. The quantitative estimate of drug-likeness (QED) is 0.765. The van der Waals surface area contributed by atoms with Crippen molar-refractivity contribution in [1.82, 2.24) is 10.2 Å². The molecule has 1 rings (SSSR count). The number of amides is 1. The van der Waals surface area contributed by atoms with E-state index in [4.69, 9.17) is 0 Å². The lowest BCUT2D eigenvalue weighted by Gasteiger charge is -2.30. The number of rotatable bonds is 4. The highest BCUT2D eigenvalue weighted by atomic mass is 16.2. The van der Waals surface area contributed by atoms with Crippen molar-refractivity contribution < 1.29 is 4.79 Å². The number of hydrogen-bond acceptors (Lipinski definition) is 2. The summed E-state index contributed by atoms with van der Waals surface area (Å²) in [5.41, 5.74) is 0. The SMILES string of the molecule is CC(C)CN(C(=O)[C@@H]1CCNC1)C(C)C. The molecule has 0 radical (unpaired) electrons. The van der Waals surface area contributed by atoms with Crippen molar-refractivity contribution in [3.63, 3.8) is 0 Å². The largest absolute Gasteiger partial charge is 0.340 e. The summed E-state index contributed by atoms with van der Waals surface area (Å²) in [6, 6.07) is 0.320. The lowest BCUT2D eigenvalue weighted by Crippen LogP contribution is -2.43. The minimum absolute atomic E-state index is 0.214. The van der Waals surface area contributed by atoms with Crippen molar-refractivity contribution in [2.75, 3.05) is 19.6 Å². The second-order valence-corrected chi connectivity index (χ2v) is 5.17. The van der Waals surface area contributed by atoms with E-state index >= 15 is 0 Å². The van der Waals surface area contributed by atoms with Crippen molar-refractivity contribution in [2.24, 2.45) is 11.8 Å². The molecule has 0 aromatic carbocycles. The fraction of sp³-hybridized carbons (Fsp3) is 0.917. The van der Waals surface area contributed by atoms with E-state index in [1.54, 1.807) is 0 Å². The van der Waals surface area contributed by atoms with Gasteiger partial charge in [-0.25, -0.2) is 0 Å². The van der Waals surface area contributed by atoms with Crippen molar-refractivity contribution >= 4 is 5.91 Å². The van der Waals surface area contributed by atoms with Gasteiger partial charge >= 0.3 is 0 Å². The number of carbonyl (C=O) groups excluding carboxylic acids is 1. The topological polar surface area (TPSA) is 32.3 Å². The fourth-order valence-electron chi connectivity index (χ4n) is 2.05. The van der Waals surface area contributed by atoms with Crippen molar-refractivity contribution in [3.05, 3.63) is 0 Å². The molecule has 88 valence electrons. The van der Waals surface area contributed by atoms with Gasteiger partial charge < -0.3 is 10.2 Å². The van der Waals surface area contributed by atoms with Crippen LogP contribution in [0, 0.1) is 11.8 Å². The first kappa shape index (κ1) is 12.5. The maximum Gasteiger partial charge on any atom is 0.227 e. The predicted molar refractivity (Wildman–Crippen MR) is 62.7 cm³/mol. The van der Waals surface area contributed by atoms with Gasteiger partial charge in [-0.2, -0.15) is 0 Å². The molecule has 1 atom stereocenters. The minimum atomic E-state index is 0.214. The minimum Gasteiger partial charge on any atom is -0.340 e. The second kappa shape index (κ2) is 5.50. The Labute approximate surface area is 93.2 Å². The van der Waals surface area contributed by atoms with Crippen molar-refractivity contribution in [3.8, 4) is 0 Å². The van der Waals surface area contributed by atoms with E-state index in [-0.39, 0.29) is 5.92 Å². The standard InChI is InChI=1S/C12H24N2O/c1-9(2)8-14(10(3)4)12(15)11-5-6-13-7-11/h9-11,13H,5-8H2,1-4H3/t11-/m1/s1. The molecule has 3 nitrogen and oxygen atoms in total. The highest BCUT2D eigenvalue weighted by Gasteiger charge is 2.28. The molecule has 0 aliphatic carbocycles. The number of hydrogen-bond donors (Lipinski definition) is 1. The number of carbonyl (C=O) groups is 1. The summed E-state index contributed by atoms with van der Waals surface area (Å²) in [5.74, 6) is 1.10. The first-order valence-electron chi connectivity index (χ1n) is 6.03. The molecule has 1 aliphatic rings. The normalized spacial score (nSPS) is 21.3. The Bertz CT molecular complexity index is 208. The Kier molecular flexibility index (Phi) is 4.58. The van der Waals surface area contributed by atoms with E-state index in [9.17, 15) is 4.79 Å². The summed E-state index contributed by atoms with van der Waals surface area (Å²) < 4.78 is 0. The Hall–Kier alpha value is -0.570. The molecule has 0 unspecified atom stereocenters. The van der Waals surface area contributed by atoms with Crippen molar-refractivity contribution in [2.45, 2.75) is 40.2 Å². The molecule has 1 amide bonds. The summed E-state index contributed by atoms with van der Waals surface area (Å²) in [6.07, 6.45) is 1.00. The average molecular weight is 212 g/mol. The Morgan fingerprint density at radius 2 is 2.07 bits per heavy atom. The van der Waals surface area contributed by atoms with Crippen LogP contribution in [0.2, 0.25) is 0 Å². The Morgan fingerprint density at radius 1 is 1.40 bits per heavy atom. The van der Waals surface area contributed by atoms with Gasteiger partial charge in [0.25, 0.3) is 0 Å². The molecule has 1 saturated heterocycles. The van der Waals surface area contributed by atoms with Gasteiger partial charge in [-0.15, -0.1) is 0 Å². The first-order valence-corrected chi connectivity index (χ1v) is 6.03. The lowest BCUT2D eigenvalue weighted by molar-refractivity contribution is -0.137. The molecule has 0 spiro atoms. The molecular weight excluding hydrogens is 188 g/mol. The molecule has 1 aliphatic heterocycles. The van der Waals surface area contributed by atoms with Gasteiger partial charge in [0.05, 0.1) is 5.92 Å². The van der Waals surface area contributed by atoms with Gasteiger partial charge in [0.15, 0.2) is 0 Å². The van der Waals surface area contributed by atoms with Gasteiger partial charge in [0.1, 0.15) is 0 Å². The molecule has 1 heterocycles. The zero-order valence-electron chi connectivity index (χ0n) is 10.4. The van der Waals surface area contributed by atoms with Gasteiger partial charge in [0, 0.05) is 19.1 Å².